The van der Waals surface area contributed by atoms with Crippen LogP contribution in [0.5, 0.6) is 0 Å². The van der Waals surface area contributed by atoms with Crippen molar-refractivity contribution < 1.29 is 19.1 Å². The molecule has 0 N–H and O–H groups in total. The highest BCUT2D eigenvalue weighted by Crippen LogP contribution is 2.79. The zero-order chi connectivity index (χ0) is 19.6. The topological polar surface area (TPSA) is 52.6 Å². The number of fused-ring (bicyclic) bond motifs is 12. The van der Waals surface area contributed by atoms with E-state index in [1.807, 2.05) is 0 Å². The molecule has 9 unspecified atom stereocenters. The summed E-state index contributed by atoms with van der Waals surface area (Å²) in [5, 5.41) is 0. The third kappa shape index (κ3) is 2.35. The van der Waals surface area contributed by atoms with Gasteiger partial charge in [0.15, 0.2) is 0 Å². The van der Waals surface area contributed by atoms with E-state index >= 15 is 0 Å². The van der Waals surface area contributed by atoms with Gasteiger partial charge in [-0.1, -0.05) is 19.6 Å². The normalized spacial score (nSPS) is 45.4. The summed E-state index contributed by atoms with van der Waals surface area (Å²) in [7, 11) is 0. The number of carbonyl (C=O) groups is 2. The molecule has 4 bridgehead atoms. The monoisotopic (exact) mass is 384 g/mol. The molecule has 5 aliphatic carbocycles. The second-order valence-corrected chi connectivity index (χ2v) is 10.1. The largest absolute Gasteiger partial charge is 0.459 e. The van der Waals surface area contributed by atoms with Gasteiger partial charge in [0.25, 0.3) is 0 Å². The Morgan fingerprint density at radius 1 is 1.18 bits per heavy atom. The first kappa shape index (κ1) is 18.4. The van der Waals surface area contributed by atoms with Gasteiger partial charge < -0.3 is 9.47 Å². The molecule has 5 fully saturated rings. The van der Waals surface area contributed by atoms with E-state index in [1.165, 1.54) is 44.6 Å². The van der Waals surface area contributed by atoms with E-state index in [1.54, 1.807) is 6.92 Å². The van der Waals surface area contributed by atoms with Gasteiger partial charge in [0, 0.05) is 17.1 Å². The molecule has 9 atom stereocenters. The van der Waals surface area contributed by atoms with E-state index in [2.05, 4.69) is 13.2 Å². The maximum absolute atomic E-state index is 12.6. The van der Waals surface area contributed by atoms with E-state index in [4.69, 9.17) is 9.47 Å². The van der Waals surface area contributed by atoms with Crippen LogP contribution in [0, 0.1) is 46.8 Å². The summed E-state index contributed by atoms with van der Waals surface area (Å²) in [6, 6.07) is 0. The molecule has 0 radical (unpaired) electrons. The summed E-state index contributed by atoms with van der Waals surface area (Å²) < 4.78 is 11.6. The highest BCUT2D eigenvalue weighted by molar-refractivity contribution is 5.87. The minimum atomic E-state index is -0.437. The van der Waals surface area contributed by atoms with Crippen LogP contribution in [0.3, 0.4) is 0 Å². The van der Waals surface area contributed by atoms with Crippen LogP contribution >= 0.6 is 0 Å². The molecular formula is C24H32O4. The number of ether oxygens (including phenoxy) is 2. The van der Waals surface area contributed by atoms with E-state index in [0.29, 0.717) is 17.4 Å². The molecule has 5 aliphatic rings. The lowest BCUT2D eigenvalue weighted by Gasteiger charge is -2.51. The number of esters is 2. The number of rotatable bonds is 6. The molecule has 0 saturated heterocycles. The van der Waals surface area contributed by atoms with E-state index in [9.17, 15) is 9.59 Å². The van der Waals surface area contributed by atoms with Crippen LogP contribution in [0.4, 0.5) is 0 Å². The van der Waals surface area contributed by atoms with E-state index < -0.39 is 5.97 Å². The predicted octanol–water partition coefficient (Wildman–Crippen LogP) is 4.30. The Bertz CT molecular complexity index is 726. The smallest absolute Gasteiger partial charge is 0.333 e. The average Bonchev–Trinajstić information content (AvgIpc) is 3.46. The van der Waals surface area contributed by atoms with Crippen molar-refractivity contribution in [3.8, 4) is 0 Å². The van der Waals surface area contributed by atoms with Crippen LogP contribution in [0.1, 0.15) is 51.9 Å². The molecule has 5 saturated carbocycles. The van der Waals surface area contributed by atoms with Crippen LogP contribution in [-0.4, -0.2) is 24.6 Å². The quantitative estimate of drug-likeness (QED) is 0.389. The lowest BCUT2D eigenvalue weighted by Crippen LogP contribution is -2.52. The summed E-state index contributed by atoms with van der Waals surface area (Å²) in [5.41, 5.74) is 0.402. The zero-order valence-electron chi connectivity index (χ0n) is 16.9. The average molecular weight is 385 g/mol. The molecule has 4 nitrogen and oxygen atoms in total. The first-order chi connectivity index (χ1) is 13.5. The summed E-state index contributed by atoms with van der Waals surface area (Å²) in [6.07, 6.45) is 9.92. The summed E-state index contributed by atoms with van der Waals surface area (Å²) >= 11 is 0. The maximum Gasteiger partial charge on any atom is 0.333 e. The first-order valence-corrected chi connectivity index (χ1v) is 11.1. The third-order valence-electron chi connectivity index (χ3n) is 9.24. The van der Waals surface area contributed by atoms with Crippen molar-refractivity contribution in [2.45, 2.75) is 58.0 Å². The van der Waals surface area contributed by atoms with Gasteiger partial charge in [-0.05, 0) is 86.9 Å². The fraction of sp³-hybridized carbons (Fsp3) is 0.750. The molecule has 0 aromatic heterocycles. The molecule has 0 aliphatic heterocycles. The molecule has 152 valence electrons. The van der Waals surface area contributed by atoms with Gasteiger partial charge in [0.1, 0.15) is 12.7 Å². The van der Waals surface area contributed by atoms with E-state index in [-0.39, 0.29) is 24.1 Å². The second-order valence-electron chi connectivity index (χ2n) is 10.1. The van der Waals surface area contributed by atoms with Crippen LogP contribution in [0.25, 0.3) is 0 Å². The number of hydrogen-bond acceptors (Lipinski definition) is 4. The Morgan fingerprint density at radius 2 is 1.96 bits per heavy atom. The molecule has 0 heterocycles. The number of carbonyl (C=O) groups excluding carboxylic acids is 2. The summed E-state index contributed by atoms with van der Waals surface area (Å²) in [4.78, 5) is 24.4. The summed E-state index contributed by atoms with van der Waals surface area (Å²) in [5.74, 6) is 4.48. The maximum atomic E-state index is 12.6. The Kier molecular flexibility index (Phi) is 4.26. The second kappa shape index (κ2) is 6.47. The fourth-order valence-electron chi connectivity index (χ4n) is 8.76. The Labute approximate surface area is 167 Å². The van der Waals surface area contributed by atoms with Crippen molar-refractivity contribution in [1.82, 2.24) is 0 Å². The highest BCUT2D eigenvalue weighted by Gasteiger charge is 2.75. The Hall–Kier alpha value is -1.58. The van der Waals surface area contributed by atoms with Crippen molar-refractivity contribution in [2.24, 2.45) is 46.8 Å². The van der Waals surface area contributed by atoms with Gasteiger partial charge in [0.2, 0.25) is 0 Å². The van der Waals surface area contributed by atoms with Crippen LogP contribution in [0.2, 0.25) is 0 Å². The Morgan fingerprint density at radius 3 is 2.71 bits per heavy atom. The molecule has 0 spiro atoms. The van der Waals surface area contributed by atoms with Crippen LogP contribution in [0.15, 0.2) is 24.8 Å². The zero-order valence-corrected chi connectivity index (χ0v) is 16.9. The van der Waals surface area contributed by atoms with Crippen molar-refractivity contribution >= 4 is 11.9 Å². The molecular weight excluding hydrogens is 352 g/mol. The summed E-state index contributed by atoms with van der Waals surface area (Å²) in [6.45, 7) is 9.14. The standard InChI is InChI=1S/C24H32O4/c1-4-20(25)27-12-19(28-23(26)13(2)3)24-11-17(16-6-5-7-18(16)24)21-14-8-9-15(10-14)22(21)24/h4,14-19,21-22H,1-2,5-12H2,3H3. The fourth-order valence-corrected chi connectivity index (χ4v) is 8.76. The van der Waals surface area contributed by atoms with E-state index in [0.717, 1.165) is 36.0 Å². The third-order valence-corrected chi connectivity index (χ3v) is 9.24. The predicted molar refractivity (Wildman–Crippen MR) is 105 cm³/mol. The highest BCUT2D eigenvalue weighted by atomic mass is 16.6. The molecule has 0 amide bonds. The van der Waals surface area contributed by atoms with Gasteiger partial charge >= 0.3 is 11.9 Å². The van der Waals surface area contributed by atoms with Crippen LogP contribution < -0.4 is 0 Å². The van der Waals surface area contributed by atoms with Gasteiger partial charge in [-0.15, -0.1) is 0 Å². The minimum absolute atomic E-state index is 0.0110. The lowest BCUT2D eigenvalue weighted by atomic mass is 9.56. The molecule has 28 heavy (non-hydrogen) atoms. The minimum Gasteiger partial charge on any atom is -0.459 e. The molecule has 0 aromatic rings. The Balaban J connectivity index is 1.52. The van der Waals surface area contributed by atoms with Gasteiger partial charge in [-0.3, -0.25) is 0 Å². The van der Waals surface area contributed by atoms with Gasteiger partial charge in [-0.2, -0.15) is 0 Å². The first-order valence-electron chi connectivity index (χ1n) is 11.1. The van der Waals surface area contributed by atoms with Gasteiger partial charge in [-0.25, -0.2) is 9.59 Å². The lowest BCUT2D eigenvalue weighted by molar-refractivity contribution is -0.174. The molecule has 4 heteroatoms. The van der Waals surface area contributed by atoms with Crippen molar-refractivity contribution in [3.05, 3.63) is 24.8 Å². The van der Waals surface area contributed by atoms with Crippen molar-refractivity contribution in [2.75, 3.05) is 6.61 Å². The SMILES string of the molecule is C=CC(=O)OCC(OC(=O)C(=C)C)C12CC(C3CCCC31)C1C3CCC(C3)C12. The number of hydrogen-bond donors (Lipinski definition) is 0. The molecule has 0 aromatic carbocycles. The van der Waals surface area contributed by atoms with Gasteiger partial charge in [0.05, 0.1) is 0 Å². The molecule has 5 rings (SSSR count). The van der Waals surface area contributed by atoms with Crippen molar-refractivity contribution in [3.63, 3.8) is 0 Å². The van der Waals surface area contributed by atoms with Crippen LogP contribution in [-0.2, 0) is 19.1 Å². The van der Waals surface area contributed by atoms with Crippen molar-refractivity contribution in [1.29, 1.82) is 0 Å².